The average Bonchev–Trinajstić information content (AvgIpc) is 3.80. The molecule has 6 aromatic rings. The average molecular weight is 731 g/mol. The molecule has 2 aromatic heterocycles. The number of anilines is 4. The van der Waals surface area contributed by atoms with E-state index < -0.39 is 11.8 Å². The van der Waals surface area contributed by atoms with Gasteiger partial charge in [-0.1, -0.05) is 51.3 Å². The molecular weight excluding hydrogens is 684 g/mol. The zero-order valence-electron chi connectivity index (χ0n) is 28.7. The summed E-state index contributed by atoms with van der Waals surface area (Å²) in [6.45, 7) is 5.01. The number of hydrogen-bond donors (Lipinski definition) is 6. The van der Waals surface area contributed by atoms with Crippen LogP contribution in [0.15, 0.2) is 107 Å². The SMILES string of the molecule is C.C.CC(=O)N1CCc2ccc(NC(=O)c3c[nH]c4ccccc4c3=O)cc21.CCO.O=C(Nc1ccc2c(c1)NCC2)c1c[nH]c2ccccc2c1=O. The van der Waals surface area contributed by atoms with E-state index >= 15 is 0 Å². The van der Waals surface area contributed by atoms with Crippen molar-refractivity contribution in [2.24, 2.45) is 0 Å². The van der Waals surface area contributed by atoms with Crippen LogP contribution >= 0.6 is 0 Å². The molecule has 0 spiro atoms. The maximum Gasteiger partial charge on any atom is 0.261 e. The highest BCUT2D eigenvalue weighted by Gasteiger charge is 2.23. The van der Waals surface area contributed by atoms with Gasteiger partial charge >= 0.3 is 0 Å². The summed E-state index contributed by atoms with van der Waals surface area (Å²) >= 11 is 0. The molecule has 4 aromatic carbocycles. The summed E-state index contributed by atoms with van der Waals surface area (Å²) < 4.78 is 0. The lowest BCUT2D eigenvalue weighted by Gasteiger charge is -2.15. The lowest BCUT2D eigenvalue weighted by molar-refractivity contribution is -0.116. The van der Waals surface area contributed by atoms with E-state index in [0.717, 1.165) is 41.8 Å². The summed E-state index contributed by atoms with van der Waals surface area (Å²) in [6, 6.07) is 25.4. The number of carbonyl (C=O) groups excluding carboxylic acids is 3. The van der Waals surface area contributed by atoms with Crippen molar-refractivity contribution >= 4 is 62.3 Å². The Labute approximate surface area is 313 Å². The van der Waals surface area contributed by atoms with E-state index in [-0.39, 0.29) is 49.4 Å². The number of fused-ring (bicyclic) bond motifs is 4. The minimum Gasteiger partial charge on any atom is -0.397 e. The first-order chi connectivity index (χ1) is 25.2. The maximum atomic E-state index is 12.6. The lowest BCUT2D eigenvalue weighted by Crippen LogP contribution is -2.26. The molecule has 54 heavy (non-hydrogen) atoms. The van der Waals surface area contributed by atoms with Crippen molar-refractivity contribution in [1.82, 2.24) is 9.97 Å². The highest BCUT2D eigenvalue weighted by Crippen LogP contribution is 2.31. The number of aliphatic hydroxyl groups is 1. The molecule has 8 rings (SSSR count). The summed E-state index contributed by atoms with van der Waals surface area (Å²) in [4.78, 5) is 69.4. The lowest BCUT2D eigenvalue weighted by atomic mass is 10.1. The van der Waals surface area contributed by atoms with Crippen molar-refractivity contribution in [3.8, 4) is 0 Å². The number of amides is 3. The van der Waals surface area contributed by atoms with Crippen molar-refractivity contribution < 1.29 is 19.5 Å². The molecule has 0 fully saturated rings. The number of carbonyl (C=O) groups is 3. The molecule has 4 heterocycles. The second-order valence-electron chi connectivity index (χ2n) is 12.2. The Kier molecular flexibility index (Phi) is 13.3. The standard InChI is InChI=1S/C20H17N3O3.C18H15N3O2.C2H6O.2CH4/c1-12(24)23-9-8-13-6-7-14(10-18(13)23)22-20(26)16-11-21-17-5-3-2-4-15(17)19(16)25;22-17-13-3-1-2-4-15(13)20-10-14(17)18(23)21-12-6-5-11-7-8-19-16(11)9-12;1-2-3;;/h2-7,10-11H,8-9H2,1H3,(H,21,25)(H,22,26);1-6,9-10,19H,7-8H2,(H,20,22)(H,21,23);3H,2H2,1H3;2*1H4. The second-order valence-corrected chi connectivity index (χ2v) is 12.2. The second kappa shape index (κ2) is 17.8. The molecule has 0 bridgehead atoms. The van der Waals surface area contributed by atoms with Crippen molar-refractivity contribution in [1.29, 1.82) is 0 Å². The minimum atomic E-state index is -0.482. The van der Waals surface area contributed by atoms with Gasteiger partial charge in [0.15, 0.2) is 0 Å². The fourth-order valence-electron chi connectivity index (χ4n) is 6.22. The number of nitrogens with one attached hydrogen (secondary N) is 5. The van der Waals surface area contributed by atoms with Gasteiger partial charge in [-0.15, -0.1) is 0 Å². The molecule has 0 unspecified atom stereocenters. The quantitative estimate of drug-likeness (QED) is 0.117. The summed E-state index contributed by atoms with van der Waals surface area (Å²) in [5.41, 5.74) is 6.36. The van der Waals surface area contributed by atoms with E-state index in [1.807, 2.05) is 42.5 Å². The Morgan fingerprint density at radius 1 is 0.722 bits per heavy atom. The number of para-hydroxylation sites is 2. The number of rotatable bonds is 4. The third-order valence-electron chi connectivity index (χ3n) is 8.76. The van der Waals surface area contributed by atoms with Crippen molar-refractivity contribution in [3.63, 3.8) is 0 Å². The smallest absolute Gasteiger partial charge is 0.261 e. The fraction of sp³-hybridized carbons (Fsp3) is 0.214. The van der Waals surface area contributed by atoms with E-state index in [1.54, 1.807) is 54.3 Å². The van der Waals surface area contributed by atoms with E-state index in [1.165, 1.54) is 24.9 Å². The monoisotopic (exact) mass is 730 g/mol. The number of aromatic amines is 2. The Balaban J connectivity index is 0.000000218. The molecule has 0 saturated heterocycles. The van der Waals surface area contributed by atoms with E-state index in [4.69, 9.17) is 5.11 Å². The number of hydrogen-bond acceptors (Lipinski definition) is 7. The van der Waals surface area contributed by atoms with Gasteiger partial charge in [-0.25, -0.2) is 0 Å². The molecule has 12 heteroatoms. The number of pyridine rings is 2. The Hall–Kier alpha value is -6.53. The van der Waals surface area contributed by atoms with Crippen LogP contribution in [-0.2, 0) is 17.6 Å². The summed E-state index contributed by atoms with van der Waals surface area (Å²) in [5.74, 6) is -0.919. The normalized spacial score (nSPS) is 11.9. The summed E-state index contributed by atoms with van der Waals surface area (Å²) in [5, 5.41) is 17.4. The van der Waals surface area contributed by atoms with Gasteiger partial charge in [-0.3, -0.25) is 24.0 Å². The largest absolute Gasteiger partial charge is 0.397 e. The summed E-state index contributed by atoms with van der Waals surface area (Å²) in [7, 11) is 0. The molecule has 12 nitrogen and oxygen atoms in total. The van der Waals surface area contributed by atoms with Gasteiger partial charge in [0.2, 0.25) is 16.8 Å². The van der Waals surface area contributed by atoms with Gasteiger partial charge < -0.3 is 35.9 Å². The van der Waals surface area contributed by atoms with Crippen LogP contribution in [-0.4, -0.2) is 52.5 Å². The number of benzene rings is 4. The van der Waals surface area contributed by atoms with Gasteiger partial charge in [0.05, 0.1) is 0 Å². The van der Waals surface area contributed by atoms with Crippen LogP contribution in [0.1, 0.15) is 60.5 Å². The van der Waals surface area contributed by atoms with Crippen LogP contribution in [0.4, 0.5) is 22.7 Å². The number of nitrogens with zero attached hydrogens (tertiary/aromatic N) is 1. The van der Waals surface area contributed by atoms with Crippen LogP contribution in [0.2, 0.25) is 0 Å². The van der Waals surface area contributed by atoms with Crippen molar-refractivity contribution in [2.45, 2.75) is 41.5 Å². The predicted molar refractivity (Wildman–Crippen MR) is 218 cm³/mol. The van der Waals surface area contributed by atoms with Crippen molar-refractivity contribution in [2.75, 3.05) is 40.5 Å². The first kappa shape index (κ1) is 40.2. The maximum absolute atomic E-state index is 12.6. The van der Waals surface area contributed by atoms with Crippen molar-refractivity contribution in [3.05, 3.63) is 140 Å². The summed E-state index contributed by atoms with van der Waals surface area (Å²) in [6.07, 6.45) is 4.68. The number of aliphatic hydroxyl groups excluding tert-OH is 1. The molecule has 0 aliphatic carbocycles. The predicted octanol–water partition coefficient (Wildman–Crippen LogP) is 6.71. The van der Waals surface area contributed by atoms with E-state index in [2.05, 4.69) is 25.9 Å². The zero-order chi connectivity index (χ0) is 36.8. The van der Waals surface area contributed by atoms with E-state index in [9.17, 15) is 24.0 Å². The molecule has 2 aliphatic heterocycles. The van der Waals surface area contributed by atoms with Crippen LogP contribution in [0, 0.1) is 0 Å². The Morgan fingerprint density at radius 2 is 1.22 bits per heavy atom. The van der Waals surface area contributed by atoms with Gasteiger partial charge in [0, 0.05) is 83.6 Å². The van der Waals surface area contributed by atoms with Gasteiger partial charge in [-0.05, 0) is 79.4 Å². The molecular formula is C42H46N6O6. The topological polar surface area (TPSA) is 176 Å². The van der Waals surface area contributed by atoms with Crippen LogP contribution in [0.25, 0.3) is 21.8 Å². The first-order valence-corrected chi connectivity index (χ1v) is 16.9. The minimum absolute atomic E-state index is 0. The van der Waals surface area contributed by atoms with Crippen LogP contribution < -0.4 is 31.7 Å². The molecule has 2 aliphatic rings. The third-order valence-corrected chi connectivity index (χ3v) is 8.76. The molecule has 6 N–H and O–H groups in total. The van der Waals surface area contributed by atoms with E-state index in [0.29, 0.717) is 34.2 Å². The number of aromatic nitrogens is 2. The molecule has 0 radical (unpaired) electrons. The Bertz CT molecular complexity index is 2440. The van der Waals surface area contributed by atoms with Gasteiger partial charge in [-0.2, -0.15) is 0 Å². The highest BCUT2D eigenvalue weighted by molar-refractivity contribution is 6.07. The van der Waals surface area contributed by atoms with Crippen LogP contribution in [0.3, 0.4) is 0 Å². The number of H-pyrrole nitrogens is 2. The Morgan fingerprint density at radius 3 is 1.76 bits per heavy atom. The molecule has 280 valence electrons. The zero-order valence-corrected chi connectivity index (χ0v) is 28.7. The third kappa shape index (κ3) is 8.56. The molecule has 0 atom stereocenters. The molecule has 0 saturated carbocycles. The van der Waals surface area contributed by atoms with Gasteiger partial charge in [0.25, 0.3) is 11.8 Å². The van der Waals surface area contributed by atoms with Crippen LogP contribution in [0.5, 0.6) is 0 Å². The molecule has 3 amide bonds. The fourth-order valence-corrected chi connectivity index (χ4v) is 6.22. The first-order valence-electron chi connectivity index (χ1n) is 16.9. The van der Waals surface area contributed by atoms with Gasteiger partial charge in [0.1, 0.15) is 11.1 Å². The highest BCUT2D eigenvalue weighted by atomic mass is 16.2.